The minimum atomic E-state index is -0.704. The van der Waals surface area contributed by atoms with Crippen LogP contribution in [-0.4, -0.2) is 21.4 Å². The molecule has 2 aromatic rings. The first kappa shape index (κ1) is 13.9. The molecule has 1 fully saturated rings. The molecule has 0 aromatic heterocycles. The number of aliphatic hydroxyl groups is 1. The number of aromatic hydroxyl groups is 2. The average molecular weight is 285 g/mol. The van der Waals surface area contributed by atoms with Gasteiger partial charge in [-0.15, -0.1) is 0 Å². The predicted octanol–water partition coefficient (Wildman–Crippen LogP) is 2.62. The summed E-state index contributed by atoms with van der Waals surface area (Å²) in [5.41, 5.74) is 1.83. The molecule has 0 saturated carbocycles. The van der Waals surface area contributed by atoms with Gasteiger partial charge in [0.1, 0.15) is 0 Å². The highest BCUT2D eigenvalue weighted by atomic mass is 16.3. The Kier molecular flexibility index (Phi) is 3.82. The Bertz CT molecular complexity index is 615. The quantitative estimate of drug-likeness (QED) is 0.654. The first-order chi connectivity index (χ1) is 10.1. The maximum atomic E-state index is 10.4. The van der Waals surface area contributed by atoms with E-state index in [1.54, 1.807) is 6.07 Å². The molecular formula is C17H19NO3. The molecule has 3 rings (SSSR count). The lowest BCUT2D eigenvalue weighted by Gasteiger charge is -2.21. The Hall–Kier alpha value is -2.04. The van der Waals surface area contributed by atoms with Crippen molar-refractivity contribution in [2.24, 2.45) is 0 Å². The van der Waals surface area contributed by atoms with Crippen molar-refractivity contribution in [2.45, 2.75) is 31.0 Å². The van der Waals surface area contributed by atoms with Gasteiger partial charge in [0.25, 0.3) is 0 Å². The van der Waals surface area contributed by atoms with Crippen LogP contribution < -0.4 is 5.32 Å². The summed E-state index contributed by atoms with van der Waals surface area (Å²) in [6.45, 7) is 0. The zero-order valence-corrected chi connectivity index (χ0v) is 11.6. The second-order valence-corrected chi connectivity index (χ2v) is 5.51. The third-order valence-electron chi connectivity index (χ3n) is 4.11. The molecule has 0 bridgehead atoms. The van der Waals surface area contributed by atoms with E-state index >= 15 is 0 Å². The Morgan fingerprint density at radius 2 is 1.71 bits per heavy atom. The molecule has 0 radical (unpaired) electrons. The molecule has 4 nitrogen and oxygen atoms in total. The van der Waals surface area contributed by atoms with Crippen molar-refractivity contribution < 1.29 is 15.3 Å². The summed E-state index contributed by atoms with van der Waals surface area (Å²) in [6.07, 6.45) is 1.13. The number of benzene rings is 2. The van der Waals surface area contributed by atoms with Gasteiger partial charge in [0.05, 0.1) is 6.10 Å². The van der Waals surface area contributed by atoms with Crippen LogP contribution in [0.1, 0.15) is 36.1 Å². The van der Waals surface area contributed by atoms with Crippen molar-refractivity contribution in [1.82, 2.24) is 5.32 Å². The summed E-state index contributed by atoms with van der Waals surface area (Å²) in [7, 11) is 0. The third kappa shape index (κ3) is 2.86. The van der Waals surface area contributed by atoms with E-state index < -0.39 is 6.10 Å². The summed E-state index contributed by atoms with van der Waals surface area (Å²) in [6, 6.07) is 14.8. The van der Waals surface area contributed by atoms with E-state index in [2.05, 4.69) is 17.4 Å². The van der Waals surface area contributed by atoms with Crippen molar-refractivity contribution in [3.63, 3.8) is 0 Å². The average Bonchev–Trinajstić information content (AvgIpc) is 3.00. The topological polar surface area (TPSA) is 72.7 Å². The Balaban J connectivity index is 1.72. The van der Waals surface area contributed by atoms with E-state index in [1.807, 2.05) is 18.2 Å². The van der Waals surface area contributed by atoms with Gasteiger partial charge >= 0.3 is 0 Å². The lowest BCUT2D eigenvalue weighted by atomic mass is 10.0. The van der Waals surface area contributed by atoms with E-state index in [9.17, 15) is 15.3 Å². The number of phenols is 2. The summed E-state index contributed by atoms with van der Waals surface area (Å²) < 4.78 is 0. The smallest absolute Gasteiger partial charge is 0.157 e. The maximum Gasteiger partial charge on any atom is 0.157 e. The van der Waals surface area contributed by atoms with Crippen LogP contribution in [0.15, 0.2) is 48.5 Å². The fourth-order valence-corrected chi connectivity index (χ4v) is 2.93. The van der Waals surface area contributed by atoms with Gasteiger partial charge < -0.3 is 20.6 Å². The molecule has 0 amide bonds. The van der Waals surface area contributed by atoms with Gasteiger partial charge in [-0.1, -0.05) is 36.4 Å². The van der Waals surface area contributed by atoms with Crippen LogP contribution in [0.2, 0.25) is 0 Å². The number of phenolic OH excluding ortho intramolecular Hbond substituents is 2. The van der Waals surface area contributed by atoms with E-state index in [1.165, 1.54) is 17.7 Å². The highest BCUT2D eigenvalue weighted by Crippen LogP contribution is 2.34. The largest absolute Gasteiger partial charge is 0.504 e. The molecule has 1 heterocycles. The lowest BCUT2D eigenvalue weighted by molar-refractivity contribution is 0.135. The van der Waals surface area contributed by atoms with Crippen LogP contribution in [0.3, 0.4) is 0 Å². The van der Waals surface area contributed by atoms with Crippen molar-refractivity contribution in [3.8, 4) is 11.5 Å². The van der Waals surface area contributed by atoms with Crippen LogP contribution in [-0.2, 0) is 0 Å². The van der Waals surface area contributed by atoms with Crippen LogP contribution in [0.25, 0.3) is 0 Å². The van der Waals surface area contributed by atoms with Crippen molar-refractivity contribution >= 4 is 0 Å². The minimum Gasteiger partial charge on any atom is -0.504 e. The zero-order chi connectivity index (χ0) is 14.8. The Labute approximate surface area is 123 Å². The molecule has 2 aromatic carbocycles. The van der Waals surface area contributed by atoms with Crippen molar-refractivity contribution in [1.29, 1.82) is 0 Å². The number of hydrogen-bond acceptors (Lipinski definition) is 4. The summed E-state index contributed by atoms with van der Waals surface area (Å²) in [4.78, 5) is 0. The first-order valence-corrected chi connectivity index (χ1v) is 7.16. The minimum absolute atomic E-state index is 0.0563. The molecule has 4 N–H and O–H groups in total. The van der Waals surface area contributed by atoms with Gasteiger partial charge in [0.15, 0.2) is 11.5 Å². The molecule has 1 saturated heterocycles. The van der Waals surface area contributed by atoms with E-state index in [0.717, 1.165) is 12.8 Å². The van der Waals surface area contributed by atoms with Gasteiger partial charge in [0.2, 0.25) is 0 Å². The molecule has 110 valence electrons. The maximum absolute atomic E-state index is 10.4. The second-order valence-electron chi connectivity index (χ2n) is 5.51. The molecule has 0 aliphatic carbocycles. The van der Waals surface area contributed by atoms with Crippen molar-refractivity contribution in [3.05, 3.63) is 59.7 Å². The zero-order valence-electron chi connectivity index (χ0n) is 11.6. The number of rotatable bonds is 3. The fraction of sp³-hybridized carbons (Fsp3) is 0.294. The molecule has 1 aliphatic rings. The van der Waals surface area contributed by atoms with Gasteiger partial charge in [0, 0.05) is 12.1 Å². The first-order valence-electron chi connectivity index (χ1n) is 7.16. The van der Waals surface area contributed by atoms with E-state index in [-0.39, 0.29) is 23.6 Å². The van der Waals surface area contributed by atoms with E-state index in [0.29, 0.717) is 5.56 Å². The van der Waals surface area contributed by atoms with Crippen LogP contribution in [0, 0.1) is 0 Å². The van der Waals surface area contributed by atoms with Crippen molar-refractivity contribution in [2.75, 3.05) is 0 Å². The van der Waals surface area contributed by atoms with Gasteiger partial charge in [-0.3, -0.25) is 0 Å². The summed E-state index contributed by atoms with van der Waals surface area (Å²) in [5.74, 6) is -0.378. The normalized spacial score (nSPS) is 23.1. The highest BCUT2D eigenvalue weighted by Gasteiger charge is 2.30. The monoisotopic (exact) mass is 285 g/mol. The molecule has 21 heavy (non-hydrogen) atoms. The molecule has 1 aliphatic heterocycles. The van der Waals surface area contributed by atoms with Gasteiger partial charge in [-0.2, -0.15) is 0 Å². The Morgan fingerprint density at radius 1 is 0.952 bits per heavy atom. The molecule has 3 unspecified atom stereocenters. The second kappa shape index (κ2) is 5.76. The van der Waals surface area contributed by atoms with E-state index in [4.69, 9.17) is 0 Å². The number of nitrogens with one attached hydrogen (secondary N) is 1. The molecule has 3 atom stereocenters. The SMILES string of the molecule is Oc1ccc(C(O)C2CCC(c3ccccc3)N2)cc1O. The fourth-order valence-electron chi connectivity index (χ4n) is 2.93. The molecule has 4 heteroatoms. The van der Waals surface area contributed by atoms with Gasteiger partial charge in [-0.25, -0.2) is 0 Å². The Morgan fingerprint density at radius 3 is 2.43 bits per heavy atom. The predicted molar refractivity (Wildman–Crippen MR) is 80.1 cm³/mol. The highest BCUT2D eigenvalue weighted by molar-refractivity contribution is 5.41. The molecular weight excluding hydrogens is 266 g/mol. The van der Waals surface area contributed by atoms with Crippen LogP contribution in [0.5, 0.6) is 11.5 Å². The number of aliphatic hydroxyl groups excluding tert-OH is 1. The lowest BCUT2D eigenvalue weighted by Crippen LogP contribution is -2.30. The van der Waals surface area contributed by atoms with Crippen LogP contribution >= 0.6 is 0 Å². The standard InChI is InChI=1S/C17H19NO3/c19-15-9-6-12(10-16(15)20)17(21)14-8-7-13(18-14)11-4-2-1-3-5-11/h1-6,9-10,13-14,17-21H,7-8H2. The summed E-state index contributed by atoms with van der Waals surface area (Å²) in [5, 5.41) is 32.8. The number of hydrogen-bond donors (Lipinski definition) is 4. The summed E-state index contributed by atoms with van der Waals surface area (Å²) >= 11 is 0. The third-order valence-corrected chi connectivity index (χ3v) is 4.11. The van der Waals surface area contributed by atoms with Crippen LogP contribution in [0.4, 0.5) is 0 Å². The van der Waals surface area contributed by atoms with Gasteiger partial charge in [-0.05, 0) is 36.1 Å². The molecule has 0 spiro atoms.